The Hall–Kier alpha value is -1.68. The molecule has 0 radical (unpaired) electrons. The quantitative estimate of drug-likeness (QED) is 0.851. The van der Waals surface area contributed by atoms with Gasteiger partial charge in [0.05, 0.1) is 12.2 Å². The van der Waals surface area contributed by atoms with Gasteiger partial charge in [0.15, 0.2) is 0 Å². The zero-order valence-electron chi connectivity index (χ0n) is 12.0. The van der Waals surface area contributed by atoms with Gasteiger partial charge < -0.3 is 5.32 Å². The molecule has 2 heterocycles. The van der Waals surface area contributed by atoms with Crippen molar-refractivity contribution in [1.29, 1.82) is 0 Å². The van der Waals surface area contributed by atoms with Crippen LogP contribution in [0.15, 0.2) is 24.4 Å². The third-order valence-electron chi connectivity index (χ3n) is 3.03. The largest absolute Gasteiger partial charge is 0.364 e. The van der Waals surface area contributed by atoms with Crippen molar-refractivity contribution in [2.75, 3.05) is 5.32 Å². The monoisotopic (exact) mass is 290 g/mol. The molecule has 0 aliphatic heterocycles. The van der Waals surface area contributed by atoms with E-state index in [0.717, 1.165) is 23.8 Å². The van der Waals surface area contributed by atoms with Crippen LogP contribution in [0.1, 0.15) is 43.8 Å². The molecule has 0 aliphatic rings. The number of halogens is 1. The molecule has 2 rings (SSSR count). The maximum absolute atomic E-state index is 6.03. The number of nitrogens with zero attached hydrogens (tertiary/aromatic N) is 3. The molecule has 20 heavy (non-hydrogen) atoms. The van der Waals surface area contributed by atoms with E-state index in [1.54, 1.807) is 6.07 Å². The van der Waals surface area contributed by atoms with Crippen LogP contribution in [-0.4, -0.2) is 15.0 Å². The molecule has 106 valence electrons. The Morgan fingerprint density at radius 1 is 1.30 bits per heavy atom. The highest BCUT2D eigenvalue weighted by Crippen LogP contribution is 2.17. The summed E-state index contributed by atoms with van der Waals surface area (Å²) in [6, 6.07) is 5.79. The van der Waals surface area contributed by atoms with Crippen LogP contribution in [0.4, 0.5) is 5.82 Å². The van der Waals surface area contributed by atoms with Gasteiger partial charge in [0, 0.05) is 18.2 Å². The molecule has 0 saturated carbocycles. The number of hydrogen-bond donors (Lipinski definition) is 1. The maximum atomic E-state index is 6.03. The molecule has 0 spiro atoms. The van der Waals surface area contributed by atoms with Crippen LogP contribution in [0, 0.1) is 0 Å². The lowest BCUT2D eigenvalue weighted by Crippen LogP contribution is -2.08. The van der Waals surface area contributed by atoms with Crippen molar-refractivity contribution in [2.24, 2.45) is 0 Å². The van der Waals surface area contributed by atoms with Crippen LogP contribution in [-0.2, 0) is 13.0 Å². The first-order valence-electron chi connectivity index (χ1n) is 6.81. The summed E-state index contributed by atoms with van der Waals surface area (Å²) in [6.07, 6.45) is 2.77. The van der Waals surface area contributed by atoms with Crippen molar-refractivity contribution < 1.29 is 0 Å². The van der Waals surface area contributed by atoms with Crippen LogP contribution >= 0.6 is 11.6 Å². The second-order valence-electron chi connectivity index (χ2n) is 4.91. The summed E-state index contributed by atoms with van der Waals surface area (Å²) in [5, 5.41) is 3.73. The average Bonchev–Trinajstić information content (AvgIpc) is 2.44. The molecule has 0 aliphatic carbocycles. The average molecular weight is 291 g/mol. The van der Waals surface area contributed by atoms with E-state index < -0.39 is 0 Å². The first-order chi connectivity index (χ1) is 9.60. The first-order valence-corrected chi connectivity index (χ1v) is 7.19. The number of rotatable bonds is 5. The lowest BCUT2D eigenvalue weighted by molar-refractivity contribution is 0.774. The van der Waals surface area contributed by atoms with E-state index in [2.05, 4.69) is 33.3 Å². The number of nitrogens with one attached hydrogen (secondary N) is 1. The zero-order valence-corrected chi connectivity index (χ0v) is 12.8. The predicted octanol–water partition coefficient (Wildman–Crippen LogP) is 3.82. The maximum Gasteiger partial charge on any atom is 0.135 e. The van der Waals surface area contributed by atoms with Gasteiger partial charge in [0.1, 0.15) is 16.8 Å². The van der Waals surface area contributed by atoms with Gasteiger partial charge in [-0.3, -0.25) is 4.98 Å². The van der Waals surface area contributed by atoms with Gasteiger partial charge in [0.25, 0.3) is 0 Å². The van der Waals surface area contributed by atoms with Gasteiger partial charge >= 0.3 is 0 Å². The molecule has 0 bridgehead atoms. The van der Waals surface area contributed by atoms with Crippen molar-refractivity contribution in [2.45, 2.75) is 39.7 Å². The Kier molecular flexibility index (Phi) is 4.90. The van der Waals surface area contributed by atoms with Crippen LogP contribution < -0.4 is 5.32 Å². The fourth-order valence-corrected chi connectivity index (χ4v) is 2.10. The molecule has 0 saturated heterocycles. The van der Waals surface area contributed by atoms with E-state index in [9.17, 15) is 0 Å². The molecule has 2 aromatic heterocycles. The highest BCUT2D eigenvalue weighted by Gasteiger charge is 2.08. The minimum Gasteiger partial charge on any atom is -0.364 e. The van der Waals surface area contributed by atoms with Gasteiger partial charge in [-0.05, 0) is 18.1 Å². The van der Waals surface area contributed by atoms with Crippen LogP contribution in [0.5, 0.6) is 0 Å². The lowest BCUT2D eigenvalue weighted by Gasteiger charge is -2.11. The molecule has 0 aromatic carbocycles. The highest BCUT2D eigenvalue weighted by atomic mass is 35.5. The van der Waals surface area contributed by atoms with Crippen molar-refractivity contribution >= 4 is 17.4 Å². The predicted molar refractivity (Wildman–Crippen MR) is 82.1 cm³/mol. The Balaban J connectivity index is 2.14. The standard InChI is InChI=1S/C15H19ClN4/c1-4-11-6-5-7-17-12(11)9-18-14-8-13(16)19-15(20-14)10(2)3/h5-8,10H,4,9H2,1-3H3,(H,18,19,20). The summed E-state index contributed by atoms with van der Waals surface area (Å²) in [6.45, 7) is 6.85. The molecule has 2 aromatic rings. The summed E-state index contributed by atoms with van der Waals surface area (Å²) in [5.41, 5.74) is 2.28. The summed E-state index contributed by atoms with van der Waals surface area (Å²) in [5.74, 6) is 1.73. The molecular formula is C15H19ClN4. The van der Waals surface area contributed by atoms with E-state index in [-0.39, 0.29) is 5.92 Å². The Morgan fingerprint density at radius 3 is 2.80 bits per heavy atom. The lowest BCUT2D eigenvalue weighted by atomic mass is 10.1. The Bertz CT molecular complexity index is 584. The van der Waals surface area contributed by atoms with Gasteiger partial charge in [-0.15, -0.1) is 0 Å². The van der Waals surface area contributed by atoms with Crippen molar-refractivity contribution in [1.82, 2.24) is 15.0 Å². The fraction of sp³-hybridized carbons (Fsp3) is 0.400. The second kappa shape index (κ2) is 6.66. The highest BCUT2D eigenvalue weighted by molar-refractivity contribution is 6.29. The van der Waals surface area contributed by atoms with Gasteiger partial charge in [-0.25, -0.2) is 9.97 Å². The summed E-state index contributed by atoms with van der Waals surface area (Å²) in [7, 11) is 0. The SMILES string of the molecule is CCc1cccnc1CNc1cc(Cl)nc(C(C)C)n1. The third-order valence-corrected chi connectivity index (χ3v) is 3.22. The number of aromatic nitrogens is 3. The second-order valence-corrected chi connectivity index (χ2v) is 5.29. The molecule has 0 unspecified atom stereocenters. The van der Waals surface area contributed by atoms with Crippen molar-refractivity contribution in [3.8, 4) is 0 Å². The minimum atomic E-state index is 0.246. The first kappa shape index (κ1) is 14.7. The van der Waals surface area contributed by atoms with Crippen molar-refractivity contribution in [3.63, 3.8) is 0 Å². The molecule has 0 amide bonds. The summed E-state index contributed by atoms with van der Waals surface area (Å²) < 4.78 is 0. The van der Waals surface area contributed by atoms with E-state index >= 15 is 0 Å². The van der Waals surface area contributed by atoms with Crippen LogP contribution in [0.25, 0.3) is 0 Å². The molecule has 5 heteroatoms. The third kappa shape index (κ3) is 3.67. The van der Waals surface area contributed by atoms with Gasteiger partial charge in [-0.2, -0.15) is 0 Å². The molecule has 0 atom stereocenters. The Labute approximate surface area is 124 Å². The Morgan fingerprint density at radius 2 is 2.10 bits per heavy atom. The number of hydrogen-bond acceptors (Lipinski definition) is 4. The van der Waals surface area contributed by atoms with Gasteiger partial charge in [0.2, 0.25) is 0 Å². The smallest absolute Gasteiger partial charge is 0.135 e. The molecule has 0 fully saturated rings. The number of pyridine rings is 1. The topological polar surface area (TPSA) is 50.7 Å². The number of anilines is 1. The zero-order chi connectivity index (χ0) is 14.5. The molecule has 1 N–H and O–H groups in total. The normalized spacial score (nSPS) is 10.8. The fourth-order valence-electron chi connectivity index (χ4n) is 1.91. The van der Waals surface area contributed by atoms with Crippen LogP contribution in [0.2, 0.25) is 5.15 Å². The summed E-state index contributed by atoms with van der Waals surface area (Å²) in [4.78, 5) is 13.1. The van der Waals surface area contributed by atoms with Crippen LogP contribution in [0.3, 0.4) is 0 Å². The molecule has 4 nitrogen and oxygen atoms in total. The summed E-state index contributed by atoms with van der Waals surface area (Å²) >= 11 is 6.03. The van der Waals surface area contributed by atoms with E-state index in [4.69, 9.17) is 11.6 Å². The van der Waals surface area contributed by atoms with E-state index in [1.165, 1.54) is 5.56 Å². The number of aryl methyl sites for hydroxylation is 1. The molecular weight excluding hydrogens is 272 g/mol. The van der Waals surface area contributed by atoms with Crippen molar-refractivity contribution in [3.05, 3.63) is 46.6 Å². The minimum absolute atomic E-state index is 0.246. The van der Waals surface area contributed by atoms with E-state index in [1.807, 2.05) is 26.1 Å². The van der Waals surface area contributed by atoms with Gasteiger partial charge in [-0.1, -0.05) is 38.4 Å². The van der Waals surface area contributed by atoms with E-state index in [0.29, 0.717) is 11.7 Å².